The maximum absolute atomic E-state index is 11.4. The van der Waals surface area contributed by atoms with Crippen LogP contribution in [0, 0.1) is 0 Å². The fourth-order valence-electron chi connectivity index (χ4n) is 1.93. The lowest BCUT2D eigenvalue weighted by Gasteiger charge is -2.20. The Morgan fingerprint density at radius 2 is 2.37 bits per heavy atom. The van der Waals surface area contributed by atoms with Crippen LogP contribution in [0.5, 0.6) is 0 Å². The first-order chi connectivity index (χ1) is 9.19. The highest BCUT2D eigenvalue weighted by atomic mass is 32.1. The van der Waals surface area contributed by atoms with E-state index in [1.807, 2.05) is 24.1 Å². The van der Waals surface area contributed by atoms with E-state index in [4.69, 9.17) is 4.74 Å². The molecule has 0 bridgehead atoms. The van der Waals surface area contributed by atoms with Gasteiger partial charge in [0.25, 0.3) is 0 Å². The maximum atomic E-state index is 11.4. The molecule has 0 fully saturated rings. The highest BCUT2D eigenvalue weighted by Gasteiger charge is 2.23. The molecule has 0 aliphatic carbocycles. The lowest BCUT2D eigenvalue weighted by Crippen LogP contribution is -2.29. The molecule has 0 saturated carbocycles. The van der Waals surface area contributed by atoms with Gasteiger partial charge >= 0.3 is 5.97 Å². The number of carbonyl (C=O) groups is 1. The van der Waals surface area contributed by atoms with E-state index in [9.17, 15) is 9.90 Å². The normalized spacial score (nSPS) is 11.1. The second kappa shape index (κ2) is 6.03. The second-order valence-corrected chi connectivity index (χ2v) is 4.79. The van der Waals surface area contributed by atoms with Crippen LogP contribution in [-0.2, 0) is 4.74 Å². The molecule has 1 N–H and O–H groups in total. The van der Waals surface area contributed by atoms with Gasteiger partial charge in [0.1, 0.15) is 0 Å². The molecule has 0 aromatic carbocycles. The number of anilines is 1. The molecule has 0 atom stereocenters. The highest BCUT2D eigenvalue weighted by Crippen LogP contribution is 2.24. The molecular weight excluding hydrogens is 266 g/mol. The van der Waals surface area contributed by atoms with Crippen molar-refractivity contribution in [2.24, 2.45) is 0 Å². The predicted octanol–water partition coefficient (Wildman–Crippen LogP) is 1.96. The average molecular weight is 283 g/mol. The molecule has 0 radical (unpaired) electrons. The van der Waals surface area contributed by atoms with Crippen molar-refractivity contribution in [2.45, 2.75) is 13.8 Å². The summed E-state index contributed by atoms with van der Waals surface area (Å²) in [5.74, 6) is -0.447. The van der Waals surface area contributed by atoms with Gasteiger partial charge in [-0.1, -0.05) is 0 Å². The Kier molecular flexibility index (Phi) is 4.39. The number of aromatic nitrogens is 2. The minimum Gasteiger partial charge on any atom is -0.476 e. The quantitative estimate of drug-likeness (QED) is 0.787. The van der Waals surface area contributed by atoms with Gasteiger partial charge in [-0.25, -0.2) is 9.78 Å². The van der Waals surface area contributed by atoms with Crippen molar-refractivity contribution in [3.05, 3.63) is 17.3 Å². The first-order valence-electron chi connectivity index (χ1n) is 6.20. The van der Waals surface area contributed by atoms with Gasteiger partial charge in [0, 0.05) is 31.3 Å². The van der Waals surface area contributed by atoms with Crippen LogP contribution in [0.1, 0.15) is 24.3 Å². The molecule has 2 rings (SSSR count). The first-order valence-corrected chi connectivity index (χ1v) is 7.08. The number of fused-ring (bicyclic) bond motifs is 1. The van der Waals surface area contributed by atoms with Gasteiger partial charge in [-0.15, -0.1) is 11.3 Å². The van der Waals surface area contributed by atoms with Crippen LogP contribution in [0.4, 0.5) is 5.82 Å². The zero-order valence-corrected chi connectivity index (χ0v) is 11.8. The highest BCUT2D eigenvalue weighted by molar-refractivity contribution is 7.15. The number of carboxylic acid groups (broad SMARTS) is 1. The molecule has 104 valence electrons. The summed E-state index contributed by atoms with van der Waals surface area (Å²) in [5.41, 5.74) is 0.217. The first kappa shape index (κ1) is 13.8. The van der Waals surface area contributed by atoms with Gasteiger partial charge in [0.05, 0.1) is 6.61 Å². The Morgan fingerprint density at radius 3 is 3.00 bits per heavy atom. The number of aromatic carboxylic acids is 1. The summed E-state index contributed by atoms with van der Waals surface area (Å²) in [4.78, 5) is 18.5. The molecule has 0 unspecified atom stereocenters. The molecule has 19 heavy (non-hydrogen) atoms. The molecular formula is C12H17N3O3S. The fourth-order valence-corrected chi connectivity index (χ4v) is 2.64. The number of likely N-dealkylation sites (N-methyl/N-ethyl adjacent to an activating group) is 1. The fraction of sp³-hybridized carbons (Fsp3) is 0.500. The zero-order valence-electron chi connectivity index (χ0n) is 11.0. The molecule has 0 spiro atoms. The van der Waals surface area contributed by atoms with E-state index in [0.717, 1.165) is 0 Å². The molecule has 7 heteroatoms. The van der Waals surface area contributed by atoms with Crippen molar-refractivity contribution in [3.63, 3.8) is 0 Å². The Morgan fingerprint density at radius 1 is 1.58 bits per heavy atom. The summed E-state index contributed by atoms with van der Waals surface area (Å²) in [5, 5.41) is 11.2. The summed E-state index contributed by atoms with van der Waals surface area (Å²) >= 11 is 1.43. The van der Waals surface area contributed by atoms with Crippen LogP contribution in [0.3, 0.4) is 0 Å². The lowest BCUT2D eigenvalue weighted by molar-refractivity contribution is 0.0690. The molecule has 0 saturated heterocycles. The molecule has 0 aliphatic heterocycles. The van der Waals surface area contributed by atoms with Gasteiger partial charge < -0.3 is 14.7 Å². The summed E-state index contributed by atoms with van der Waals surface area (Å²) in [6.45, 7) is 6.46. The van der Waals surface area contributed by atoms with Crippen LogP contribution in [0.2, 0.25) is 0 Å². The van der Waals surface area contributed by atoms with Crippen LogP contribution in [0.15, 0.2) is 11.6 Å². The van der Waals surface area contributed by atoms with Gasteiger partial charge in [0.15, 0.2) is 16.5 Å². The number of carboxylic acids is 1. The van der Waals surface area contributed by atoms with E-state index in [1.165, 1.54) is 11.3 Å². The Balaban J connectivity index is 2.33. The second-order valence-electron chi connectivity index (χ2n) is 3.92. The van der Waals surface area contributed by atoms with E-state index in [0.29, 0.717) is 37.1 Å². The number of nitrogens with zero attached hydrogens (tertiary/aromatic N) is 3. The van der Waals surface area contributed by atoms with Crippen LogP contribution in [-0.4, -0.2) is 46.8 Å². The van der Waals surface area contributed by atoms with Crippen molar-refractivity contribution >= 4 is 28.1 Å². The van der Waals surface area contributed by atoms with Crippen LogP contribution < -0.4 is 4.90 Å². The van der Waals surface area contributed by atoms with E-state index in [-0.39, 0.29) is 5.69 Å². The Hall–Kier alpha value is -1.60. The third-order valence-electron chi connectivity index (χ3n) is 2.84. The summed E-state index contributed by atoms with van der Waals surface area (Å²) < 4.78 is 6.94. The third kappa shape index (κ3) is 2.71. The molecule has 0 aliphatic rings. The number of thiazole rings is 1. The minimum atomic E-state index is -0.962. The van der Waals surface area contributed by atoms with Crippen LogP contribution >= 0.6 is 11.3 Å². The van der Waals surface area contributed by atoms with Crippen molar-refractivity contribution in [3.8, 4) is 0 Å². The Labute approximate surface area is 115 Å². The summed E-state index contributed by atoms with van der Waals surface area (Å²) in [6, 6.07) is 0. The van der Waals surface area contributed by atoms with Gasteiger partial charge in [0.2, 0.25) is 0 Å². The smallest absolute Gasteiger partial charge is 0.356 e. The SMILES string of the molecule is CCOCCN(CC)c1nc2sccn2c1C(=O)O. The third-order valence-corrected chi connectivity index (χ3v) is 3.59. The molecule has 6 nitrogen and oxygen atoms in total. The van der Waals surface area contributed by atoms with E-state index in [2.05, 4.69) is 4.98 Å². The molecule has 2 aromatic heterocycles. The number of hydrogen-bond donors (Lipinski definition) is 1. The van der Waals surface area contributed by atoms with Crippen molar-refractivity contribution < 1.29 is 14.6 Å². The van der Waals surface area contributed by atoms with E-state index >= 15 is 0 Å². The topological polar surface area (TPSA) is 67.1 Å². The van der Waals surface area contributed by atoms with Crippen molar-refractivity contribution in [2.75, 3.05) is 31.2 Å². The van der Waals surface area contributed by atoms with Crippen molar-refractivity contribution in [1.82, 2.24) is 9.38 Å². The largest absolute Gasteiger partial charge is 0.476 e. The van der Waals surface area contributed by atoms with Gasteiger partial charge in [-0.3, -0.25) is 4.40 Å². The van der Waals surface area contributed by atoms with Crippen molar-refractivity contribution in [1.29, 1.82) is 0 Å². The predicted molar refractivity (Wildman–Crippen MR) is 74.4 cm³/mol. The summed E-state index contributed by atoms with van der Waals surface area (Å²) in [7, 11) is 0. The van der Waals surface area contributed by atoms with Crippen LogP contribution in [0.25, 0.3) is 4.96 Å². The number of hydrogen-bond acceptors (Lipinski definition) is 5. The molecule has 2 aromatic rings. The number of imidazole rings is 1. The maximum Gasteiger partial charge on any atom is 0.356 e. The van der Waals surface area contributed by atoms with Gasteiger partial charge in [-0.2, -0.15) is 0 Å². The number of rotatable bonds is 7. The summed E-state index contributed by atoms with van der Waals surface area (Å²) in [6.07, 6.45) is 1.73. The molecule has 0 amide bonds. The van der Waals surface area contributed by atoms with E-state index < -0.39 is 5.97 Å². The van der Waals surface area contributed by atoms with E-state index in [1.54, 1.807) is 10.6 Å². The standard InChI is InChI=1S/C12H17N3O3S/c1-3-14(5-7-18-4-2)10-9(11(16)17)15-6-8-19-12(15)13-10/h6,8H,3-5,7H2,1-2H3,(H,16,17). The average Bonchev–Trinajstić information content (AvgIpc) is 2.94. The molecule has 2 heterocycles. The number of ether oxygens (including phenoxy) is 1. The van der Waals surface area contributed by atoms with Gasteiger partial charge in [-0.05, 0) is 13.8 Å². The zero-order chi connectivity index (χ0) is 13.8. The monoisotopic (exact) mass is 283 g/mol. The Bertz CT molecular complexity index is 564. The minimum absolute atomic E-state index is 0.217. The lowest BCUT2D eigenvalue weighted by atomic mass is 10.3.